The van der Waals surface area contributed by atoms with Gasteiger partial charge in [0.2, 0.25) is 0 Å². The van der Waals surface area contributed by atoms with Gasteiger partial charge in [0.15, 0.2) is 0 Å². The molecule has 122 valence electrons. The molecule has 1 unspecified atom stereocenters. The molecular weight excluding hydrogens is 270 g/mol. The maximum atomic E-state index is 12.1. The van der Waals surface area contributed by atoms with Crippen molar-refractivity contribution in [1.82, 2.24) is 15.1 Å². The number of hydrogen-bond donors (Lipinski definition) is 2. The van der Waals surface area contributed by atoms with E-state index in [0.717, 1.165) is 32.4 Å². The second-order valence-corrected chi connectivity index (χ2v) is 6.20. The van der Waals surface area contributed by atoms with Crippen LogP contribution >= 0.6 is 0 Å². The minimum atomic E-state index is -0.757. The second-order valence-electron chi connectivity index (χ2n) is 6.20. The highest BCUT2D eigenvalue weighted by Gasteiger charge is 2.23. The van der Waals surface area contributed by atoms with Crippen molar-refractivity contribution in [2.75, 3.05) is 33.7 Å². The predicted molar refractivity (Wildman–Crippen MR) is 82.3 cm³/mol. The van der Waals surface area contributed by atoms with Gasteiger partial charge in [-0.1, -0.05) is 6.92 Å². The number of carboxylic acid groups (broad SMARTS) is 1. The van der Waals surface area contributed by atoms with Crippen LogP contribution in [0.3, 0.4) is 0 Å². The van der Waals surface area contributed by atoms with Gasteiger partial charge in [0.1, 0.15) is 0 Å². The van der Waals surface area contributed by atoms with Crippen LogP contribution in [0.15, 0.2) is 0 Å². The smallest absolute Gasteiger partial charge is 0.317 e. The molecule has 0 spiro atoms. The van der Waals surface area contributed by atoms with Gasteiger partial charge in [-0.15, -0.1) is 0 Å². The van der Waals surface area contributed by atoms with E-state index in [0.29, 0.717) is 24.9 Å². The molecule has 1 saturated heterocycles. The summed E-state index contributed by atoms with van der Waals surface area (Å²) in [5.41, 5.74) is 0. The van der Waals surface area contributed by atoms with E-state index in [-0.39, 0.29) is 12.5 Å². The number of carboxylic acids is 1. The zero-order valence-corrected chi connectivity index (χ0v) is 13.5. The third kappa shape index (κ3) is 6.80. The van der Waals surface area contributed by atoms with Crippen LogP contribution < -0.4 is 5.32 Å². The first kappa shape index (κ1) is 17.8. The van der Waals surface area contributed by atoms with E-state index in [1.807, 2.05) is 18.9 Å². The monoisotopic (exact) mass is 299 g/mol. The van der Waals surface area contributed by atoms with Gasteiger partial charge in [0.05, 0.1) is 0 Å². The van der Waals surface area contributed by atoms with E-state index in [2.05, 4.69) is 17.3 Å². The van der Waals surface area contributed by atoms with Crippen molar-refractivity contribution in [1.29, 1.82) is 0 Å². The molecule has 1 fully saturated rings. The van der Waals surface area contributed by atoms with Crippen molar-refractivity contribution in [2.24, 2.45) is 5.92 Å². The van der Waals surface area contributed by atoms with Gasteiger partial charge in [-0.3, -0.25) is 4.79 Å². The molecule has 2 amide bonds. The lowest BCUT2D eigenvalue weighted by molar-refractivity contribution is -0.137. The molecule has 0 aromatic rings. The first-order chi connectivity index (χ1) is 9.90. The molecule has 6 nitrogen and oxygen atoms in total. The third-order valence-corrected chi connectivity index (χ3v) is 4.32. The lowest BCUT2D eigenvalue weighted by Gasteiger charge is -2.35. The first-order valence-electron chi connectivity index (χ1n) is 7.81. The fourth-order valence-electron chi connectivity index (χ4n) is 2.61. The summed E-state index contributed by atoms with van der Waals surface area (Å²) in [5, 5.41) is 11.6. The predicted octanol–water partition coefficient (Wildman–Crippen LogP) is 1.61. The summed E-state index contributed by atoms with van der Waals surface area (Å²) in [6.45, 7) is 4.70. The second kappa shape index (κ2) is 8.87. The fraction of sp³-hybridized carbons (Fsp3) is 0.867. The summed E-state index contributed by atoms with van der Waals surface area (Å²) in [4.78, 5) is 26.7. The zero-order valence-electron chi connectivity index (χ0n) is 13.5. The molecule has 1 aliphatic heterocycles. The van der Waals surface area contributed by atoms with E-state index in [9.17, 15) is 9.59 Å². The molecule has 21 heavy (non-hydrogen) atoms. The van der Waals surface area contributed by atoms with E-state index >= 15 is 0 Å². The highest BCUT2D eigenvalue weighted by atomic mass is 16.4. The largest absolute Gasteiger partial charge is 0.481 e. The summed E-state index contributed by atoms with van der Waals surface area (Å²) in [6.07, 6.45) is 3.73. The Kier molecular flexibility index (Phi) is 7.50. The number of amides is 2. The number of likely N-dealkylation sites (tertiary alicyclic amines) is 1. The Labute approximate surface area is 127 Å². The highest BCUT2D eigenvalue weighted by Crippen LogP contribution is 2.14. The molecule has 0 saturated carbocycles. The Morgan fingerprint density at radius 3 is 2.52 bits per heavy atom. The fourth-order valence-corrected chi connectivity index (χ4v) is 2.61. The van der Waals surface area contributed by atoms with E-state index in [1.54, 1.807) is 0 Å². The van der Waals surface area contributed by atoms with Crippen LogP contribution in [-0.2, 0) is 4.79 Å². The average Bonchev–Trinajstić information content (AvgIpc) is 2.45. The Morgan fingerprint density at radius 1 is 1.33 bits per heavy atom. The third-order valence-electron chi connectivity index (χ3n) is 4.32. The lowest BCUT2D eigenvalue weighted by atomic mass is 10.0. The van der Waals surface area contributed by atoms with Gasteiger partial charge in [0.25, 0.3) is 0 Å². The van der Waals surface area contributed by atoms with Crippen LogP contribution in [0.25, 0.3) is 0 Å². The van der Waals surface area contributed by atoms with Crippen molar-refractivity contribution >= 4 is 12.0 Å². The van der Waals surface area contributed by atoms with Gasteiger partial charge < -0.3 is 20.2 Å². The molecule has 0 aromatic carbocycles. The van der Waals surface area contributed by atoms with Crippen molar-refractivity contribution < 1.29 is 14.7 Å². The molecule has 6 heteroatoms. The van der Waals surface area contributed by atoms with Crippen LogP contribution in [0.4, 0.5) is 4.79 Å². The molecular formula is C15H29N3O3. The molecule has 0 bridgehead atoms. The number of urea groups is 1. The van der Waals surface area contributed by atoms with Gasteiger partial charge in [0, 0.05) is 26.1 Å². The van der Waals surface area contributed by atoms with Crippen molar-refractivity contribution in [3.8, 4) is 0 Å². The number of piperidine rings is 1. The van der Waals surface area contributed by atoms with Crippen molar-refractivity contribution in [2.45, 2.75) is 45.1 Å². The van der Waals surface area contributed by atoms with Crippen LogP contribution in [0.1, 0.15) is 39.0 Å². The number of rotatable bonds is 7. The number of hydrogen-bond acceptors (Lipinski definition) is 3. The maximum Gasteiger partial charge on any atom is 0.317 e. The number of nitrogens with one attached hydrogen (secondary N) is 1. The molecule has 1 rings (SSSR count). The number of carbonyl (C=O) groups excluding carboxylic acids is 1. The molecule has 1 atom stereocenters. The quantitative estimate of drug-likeness (QED) is 0.749. The topological polar surface area (TPSA) is 72.9 Å². The minimum absolute atomic E-state index is 0.0185. The van der Waals surface area contributed by atoms with Gasteiger partial charge in [-0.2, -0.15) is 0 Å². The Balaban J connectivity index is 2.19. The number of nitrogens with zero attached hydrogens (tertiary/aromatic N) is 2. The molecule has 2 N–H and O–H groups in total. The number of carbonyl (C=O) groups is 2. The Hall–Kier alpha value is -1.30. The summed E-state index contributed by atoms with van der Waals surface area (Å²) in [7, 11) is 3.97. The number of aliphatic carboxylic acids is 1. The van der Waals surface area contributed by atoms with Crippen LogP contribution in [0.2, 0.25) is 0 Å². The standard InChI is InChI=1S/C15H29N3O3/c1-12(4-5-14(19)20)6-9-16-15(21)18(3)13-7-10-17(2)11-8-13/h12-13H,4-11H2,1-3H3,(H,16,21)(H,19,20). The van der Waals surface area contributed by atoms with Crippen molar-refractivity contribution in [3.05, 3.63) is 0 Å². The van der Waals surface area contributed by atoms with Crippen LogP contribution in [0, 0.1) is 5.92 Å². The Bertz CT molecular complexity index is 341. The lowest BCUT2D eigenvalue weighted by Crippen LogP contribution is -2.48. The Morgan fingerprint density at radius 2 is 1.95 bits per heavy atom. The van der Waals surface area contributed by atoms with Crippen LogP contribution in [-0.4, -0.2) is 66.7 Å². The molecule has 0 aliphatic carbocycles. The van der Waals surface area contributed by atoms with Crippen LogP contribution in [0.5, 0.6) is 0 Å². The van der Waals surface area contributed by atoms with E-state index in [1.165, 1.54) is 0 Å². The van der Waals surface area contributed by atoms with Crippen molar-refractivity contribution in [3.63, 3.8) is 0 Å². The molecule has 0 radical (unpaired) electrons. The first-order valence-corrected chi connectivity index (χ1v) is 7.81. The zero-order chi connectivity index (χ0) is 15.8. The normalized spacial score (nSPS) is 18.2. The van der Waals surface area contributed by atoms with E-state index in [4.69, 9.17) is 5.11 Å². The summed E-state index contributed by atoms with van der Waals surface area (Å²) >= 11 is 0. The summed E-state index contributed by atoms with van der Waals surface area (Å²) < 4.78 is 0. The summed E-state index contributed by atoms with van der Waals surface area (Å²) in [5.74, 6) is -0.442. The highest BCUT2D eigenvalue weighted by molar-refractivity contribution is 5.74. The van der Waals surface area contributed by atoms with Gasteiger partial charge in [-0.05, 0) is 51.7 Å². The molecule has 1 heterocycles. The van der Waals surface area contributed by atoms with E-state index < -0.39 is 5.97 Å². The average molecular weight is 299 g/mol. The SMILES string of the molecule is CC(CCNC(=O)N(C)C1CCN(C)CC1)CCC(=O)O. The minimum Gasteiger partial charge on any atom is -0.481 e. The van der Waals surface area contributed by atoms with Gasteiger partial charge in [-0.25, -0.2) is 4.79 Å². The summed E-state index contributed by atoms with van der Waals surface area (Å²) in [6, 6.07) is 0.306. The molecule has 1 aliphatic rings. The maximum absolute atomic E-state index is 12.1. The van der Waals surface area contributed by atoms with Gasteiger partial charge >= 0.3 is 12.0 Å². The molecule has 0 aromatic heterocycles.